The first kappa shape index (κ1) is 19.9. The molecule has 0 unspecified atom stereocenters. The molecule has 0 aromatic heterocycles. The van der Waals surface area contributed by atoms with Crippen molar-refractivity contribution in [2.24, 2.45) is 0 Å². The molecule has 0 atom stereocenters. The van der Waals surface area contributed by atoms with Gasteiger partial charge in [-0.15, -0.1) is 3.63 Å². The van der Waals surface area contributed by atoms with Gasteiger partial charge in [0, 0.05) is 5.69 Å². The van der Waals surface area contributed by atoms with E-state index in [1.807, 2.05) is 0 Å². The van der Waals surface area contributed by atoms with Gasteiger partial charge >= 0.3 is 20.2 Å². The highest BCUT2D eigenvalue weighted by Gasteiger charge is 2.30. The van der Waals surface area contributed by atoms with Crippen LogP contribution in [0, 0.1) is 0 Å². The zero-order valence-electron chi connectivity index (χ0n) is 12.7. The molecule has 0 radical (unpaired) electrons. The third-order valence-electron chi connectivity index (χ3n) is 3.03. The van der Waals surface area contributed by atoms with Gasteiger partial charge in [-0.3, -0.25) is 4.55 Å². The first-order valence-corrected chi connectivity index (χ1v) is 10.7. The van der Waals surface area contributed by atoms with E-state index in [-0.39, 0.29) is 11.4 Å². The fourth-order valence-electron chi connectivity index (χ4n) is 1.88. The van der Waals surface area contributed by atoms with Crippen LogP contribution in [0.1, 0.15) is 0 Å². The molecule has 0 amide bonds. The van der Waals surface area contributed by atoms with Crippen molar-refractivity contribution in [3.63, 3.8) is 0 Å². The lowest BCUT2D eigenvalue weighted by Gasteiger charge is -2.10. The maximum absolute atomic E-state index is 12.2. The summed E-state index contributed by atoms with van der Waals surface area (Å²) in [6.45, 7) is 0. The Hall–Kier alpha value is -2.39. The summed E-state index contributed by atoms with van der Waals surface area (Å²) in [6, 6.07) is 5.32. The van der Waals surface area contributed by atoms with Gasteiger partial charge in [-0.05, 0) is 36.4 Å². The fourth-order valence-corrected chi connectivity index (χ4v) is 5.23. The number of nitrogen functional groups attached to an aromatic ring is 3. The largest absolute Gasteiger partial charge is 0.399 e. The van der Waals surface area contributed by atoms with Crippen LogP contribution >= 0.6 is 0 Å². The van der Waals surface area contributed by atoms with E-state index in [4.69, 9.17) is 21.8 Å². The fraction of sp³-hybridized carbons (Fsp3) is 0. The predicted octanol–water partition coefficient (Wildman–Crippen LogP) is -0.226. The minimum absolute atomic E-state index is 0.139. The summed E-state index contributed by atoms with van der Waals surface area (Å²) in [5.41, 5.74) is 15.6. The Morgan fingerprint density at radius 2 is 1.35 bits per heavy atom. The van der Waals surface area contributed by atoms with Crippen LogP contribution in [0.2, 0.25) is 0 Å². The molecular formula is C12H13N3O8S3. The van der Waals surface area contributed by atoms with Crippen molar-refractivity contribution in [1.29, 1.82) is 0 Å². The number of benzene rings is 2. The molecule has 0 bridgehead atoms. The lowest BCUT2D eigenvalue weighted by molar-refractivity contribution is 0.462. The average Bonchev–Trinajstić information content (AvgIpc) is 2.44. The average molecular weight is 423 g/mol. The molecule has 11 nitrogen and oxygen atoms in total. The Morgan fingerprint density at radius 3 is 1.88 bits per heavy atom. The van der Waals surface area contributed by atoms with Crippen molar-refractivity contribution in [2.45, 2.75) is 14.7 Å². The number of anilines is 3. The molecule has 0 heterocycles. The normalized spacial score (nSPS) is 12.8. The van der Waals surface area contributed by atoms with Crippen molar-refractivity contribution in [3.05, 3.63) is 36.4 Å². The molecule has 0 spiro atoms. The highest BCUT2D eigenvalue weighted by atomic mass is 32.3. The van der Waals surface area contributed by atoms with Crippen LogP contribution in [0.15, 0.2) is 51.1 Å². The molecule has 7 N–H and O–H groups in total. The Morgan fingerprint density at radius 1 is 0.731 bits per heavy atom. The van der Waals surface area contributed by atoms with Crippen LogP contribution in [-0.4, -0.2) is 29.8 Å². The molecule has 0 fully saturated rings. The molecule has 14 heteroatoms. The molecule has 0 aliphatic rings. The van der Waals surface area contributed by atoms with E-state index in [1.165, 1.54) is 6.07 Å². The van der Waals surface area contributed by atoms with Crippen LogP contribution in [-0.2, 0) is 34.0 Å². The van der Waals surface area contributed by atoms with Crippen LogP contribution in [0.4, 0.5) is 17.1 Å². The van der Waals surface area contributed by atoms with E-state index in [0.717, 1.165) is 24.3 Å². The van der Waals surface area contributed by atoms with Gasteiger partial charge in [0.2, 0.25) is 0 Å². The Kier molecular flexibility index (Phi) is 4.91. The van der Waals surface area contributed by atoms with Crippen LogP contribution < -0.4 is 17.2 Å². The van der Waals surface area contributed by atoms with Crippen molar-refractivity contribution < 1.29 is 33.4 Å². The van der Waals surface area contributed by atoms with Crippen molar-refractivity contribution in [1.82, 2.24) is 0 Å². The number of nitrogens with two attached hydrogens (primary N) is 3. The minimum atomic E-state index is -5.00. The van der Waals surface area contributed by atoms with Gasteiger partial charge < -0.3 is 17.2 Å². The molecule has 0 aliphatic carbocycles. The zero-order chi connectivity index (χ0) is 19.9. The molecule has 0 saturated heterocycles. The maximum atomic E-state index is 12.2. The van der Waals surface area contributed by atoms with E-state index in [9.17, 15) is 25.3 Å². The molecule has 2 aromatic rings. The van der Waals surface area contributed by atoms with Crippen LogP contribution in [0.25, 0.3) is 0 Å². The second-order valence-electron chi connectivity index (χ2n) is 4.95. The summed E-state index contributed by atoms with van der Waals surface area (Å²) in [5, 5.41) is 0. The number of rotatable bonds is 5. The Bertz CT molecular complexity index is 1190. The molecule has 26 heavy (non-hydrogen) atoms. The summed E-state index contributed by atoms with van der Waals surface area (Å²) >= 11 is 0. The van der Waals surface area contributed by atoms with Gasteiger partial charge in [0.25, 0.3) is 10.1 Å². The summed E-state index contributed by atoms with van der Waals surface area (Å²) in [7, 11) is -14.7. The number of hydrogen-bond donors (Lipinski definition) is 4. The maximum Gasteiger partial charge on any atom is 0.313 e. The third-order valence-corrected chi connectivity index (χ3v) is 7.12. The quantitative estimate of drug-likeness (QED) is 0.364. The van der Waals surface area contributed by atoms with Gasteiger partial charge in [0.1, 0.15) is 9.79 Å². The van der Waals surface area contributed by atoms with E-state index >= 15 is 0 Å². The third kappa shape index (κ3) is 4.05. The molecular weight excluding hydrogens is 410 g/mol. The lowest BCUT2D eigenvalue weighted by Crippen LogP contribution is -2.16. The van der Waals surface area contributed by atoms with Gasteiger partial charge in [0.05, 0.1) is 16.3 Å². The molecule has 0 saturated carbocycles. The standard InChI is InChI=1S/C12H13N3O8S3/c13-7-1-4-11(10(15)5-7)26(21,22)23-25(19,20)8-2-3-9(14)12(6-8)24(16,17)18/h1-6H,13-15H2,(H,16,17,18). The second-order valence-corrected chi connectivity index (χ2v) is 9.61. The second kappa shape index (κ2) is 6.40. The lowest BCUT2D eigenvalue weighted by atomic mass is 10.3. The minimum Gasteiger partial charge on any atom is -0.399 e. The summed E-state index contributed by atoms with van der Waals surface area (Å²) in [4.78, 5) is -2.44. The van der Waals surface area contributed by atoms with E-state index in [1.54, 1.807) is 0 Å². The Labute approximate surface area is 149 Å². The molecule has 2 rings (SSSR count). The first-order valence-electron chi connectivity index (χ1n) is 6.47. The Balaban J connectivity index is 2.52. The van der Waals surface area contributed by atoms with Crippen LogP contribution in [0.5, 0.6) is 0 Å². The molecule has 142 valence electrons. The predicted molar refractivity (Wildman–Crippen MR) is 91.4 cm³/mol. The zero-order valence-corrected chi connectivity index (χ0v) is 15.2. The summed E-state index contributed by atoms with van der Waals surface area (Å²) in [6.07, 6.45) is 0. The van der Waals surface area contributed by atoms with Gasteiger partial charge in [-0.1, -0.05) is 0 Å². The van der Waals surface area contributed by atoms with Gasteiger partial charge in [-0.25, -0.2) is 0 Å². The van der Waals surface area contributed by atoms with Crippen LogP contribution in [0.3, 0.4) is 0 Å². The van der Waals surface area contributed by atoms with Gasteiger partial charge in [0.15, 0.2) is 0 Å². The smallest absolute Gasteiger partial charge is 0.313 e. The molecule has 0 aliphatic heterocycles. The summed E-state index contributed by atoms with van der Waals surface area (Å²) < 4.78 is 84.5. The van der Waals surface area contributed by atoms with Crippen molar-refractivity contribution in [3.8, 4) is 0 Å². The highest BCUT2D eigenvalue weighted by Crippen LogP contribution is 2.28. The van der Waals surface area contributed by atoms with Crippen molar-refractivity contribution >= 4 is 47.4 Å². The monoisotopic (exact) mass is 423 g/mol. The molecule has 2 aromatic carbocycles. The van der Waals surface area contributed by atoms with E-state index in [0.29, 0.717) is 6.07 Å². The van der Waals surface area contributed by atoms with E-state index in [2.05, 4.69) is 3.63 Å². The topological polar surface area (TPSA) is 210 Å². The number of hydrogen-bond acceptors (Lipinski definition) is 10. The summed E-state index contributed by atoms with van der Waals surface area (Å²) in [5.74, 6) is 0. The SMILES string of the molecule is Nc1ccc(S(=O)(=O)OS(=O)(=O)c2ccc(N)c(S(=O)(=O)O)c2)c(N)c1. The first-order chi connectivity index (χ1) is 11.7. The van der Waals surface area contributed by atoms with Gasteiger partial charge in [-0.2, -0.15) is 25.3 Å². The van der Waals surface area contributed by atoms with Crippen molar-refractivity contribution in [2.75, 3.05) is 17.2 Å². The van der Waals surface area contributed by atoms with E-state index < -0.39 is 50.7 Å². The highest BCUT2D eigenvalue weighted by molar-refractivity contribution is 8.00.